The quantitative estimate of drug-likeness (QED) is 0.853. The summed E-state index contributed by atoms with van der Waals surface area (Å²) in [5.74, 6) is 0.245. The zero-order valence-corrected chi connectivity index (χ0v) is 11.8. The maximum absolute atomic E-state index is 12.0. The van der Waals surface area contributed by atoms with Crippen LogP contribution in [0, 0.1) is 6.92 Å². The van der Waals surface area contributed by atoms with Crippen LogP contribution in [-0.4, -0.2) is 26.1 Å². The second-order valence-electron chi connectivity index (χ2n) is 3.84. The molecular weight excluding hydrogens is 289 g/mol. The minimum Gasteiger partial charge on any atom is -0.316 e. The van der Waals surface area contributed by atoms with E-state index in [2.05, 4.69) is 25.5 Å². The van der Waals surface area contributed by atoms with Gasteiger partial charge in [0.15, 0.2) is 5.15 Å². The number of carbonyl (C=O) groups is 1. The molecule has 0 unspecified atom stereocenters. The minimum atomic E-state index is -0.454. The number of pyridine rings is 1. The molecule has 0 aliphatic carbocycles. The SMILES string of the molecule is CCc1nc(C(=O)Nc2c(C)cc(Cl)nc2Cl)n[nH]1. The smallest absolute Gasteiger partial charge is 0.295 e. The predicted octanol–water partition coefficient (Wildman–Crippen LogP) is 2.63. The third-order valence-electron chi connectivity index (χ3n) is 2.45. The summed E-state index contributed by atoms with van der Waals surface area (Å²) in [5.41, 5.74) is 1.11. The largest absolute Gasteiger partial charge is 0.316 e. The summed E-state index contributed by atoms with van der Waals surface area (Å²) in [6.45, 7) is 3.68. The fourth-order valence-corrected chi connectivity index (χ4v) is 2.05. The van der Waals surface area contributed by atoms with Crippen molar-refractivity contribution in [2.24, 2.45) is 0 Å². The number of hydrogen-bond donors (Lipinski definition) is 2. The molecule has 0 saturated heterocycles. The van der Waals surface area contributed by atoms with Crippen LogP contribution in [0.2, 0.25) is 10.3 Å². The standard InChI is InChI=1S/C11H11Cl2N5O/c1-3-7-15-10(18-17-7)11(19)16-8-5(2)4-6(12)14-9(8)13/h4H,3H2,1-2H3,(H,16,19)(H,15,17,18). The molecule has 0 atom stereocenters. The number of nitrogens with zero attached hydrogens (tertiary/aromatic N) is 3. The zero-order valence-electron chi connectivity index (χ0n) is 10.3. The van der Waals surface area contributed by atoms with Crippen LogP contribution < -0.4 is 5.32 Å². The van der Waals surface area contributed by atoms with Gasteiger partial charge >= 0.3 is 0 Å². The van der Waals surface area contributed by atoms with Crippen molar-refractivity contribution in [3.05, 3.63) is 33.6 Å². The van der Waals surface area contributed by atoms with Gasteiger partial charge < -0.3 is 5.32 Å². The Balaban J connectivity index is 2.24. The molecule has 0 saturated carbocycles. The lowest BCUT2D eigenvalue weighted by molar-refractivity contribution is 0.101. The Kier molecular flexibility index (Phi) is 4.01. The van der Waals surface area contributed by atoms with Crippen LogP contribution in [-0.2, 0) is 6.42 Å². The third-order valence-corrected chi connectivity index (χ3v) is 2.92. The lowest BCUT2D eigenvalue weighted by Crippen LogP contribution is -2.15. The summed E-state index contributed by atoms with van der Waals surface area (Å²) >= 11 is 11.7. The van der Waals surface area contributed by atoms with Gasteiger partial charge in [-0.15, -0.1) is 5.10 Å². The Morgan fingerprint density at radius 3 is 2.74 bits per heavy atom. The van der Waals surface area contributed by atoms with Crippen molar-refractivity contribution >= 4 is 34.8 Å². The summed E-state index contributed by atoms with van der Waals surface area (Å²) < 4.78 is 0. The molecule has 0 aliphatic rings. The maximum Gasteiger partial charge on any atom is 0.295 e. The first kappa shape index (κ1) is 13.8. The molecule has 2 aromatic heterocycles. The molecule has 2 aromatic rings. The highest BCUT2D eigenvalue weighted by atomic mass is 35.5. The Hall–Kier alpha value is -1.66. The van der Waals surface area contributed by atoms with Crippen molar-refractivity contribution in [1.82, 2.24) is 20.2 Å². The second-order valence-corrected chi connectivity index (χ2v) is 4.59. The number of hydrogen-bond acceptors (Lipinski definition) is 4. The average molecular weight is 300 g/mol. The highest BCUT2D eigenvalue weighted by Crippen LogP contribution is 2.26. The van der Waals surface area contributed by atoms with Crippen LogP contribution in [0.5, 0.6) is 0 Å². The number of aromatic amines is 1. The van der Waals surface area contributed by atoms with E-state index >= 15 is 0 Å². The van der Waals surface area contributed by atoms with Gasteiger partial charge in [0.1, 0.15) is 11.0 Å². The highest BCUT2D eigenvalue weighted by molar-refractivity contribution is 6.35. The van der Waals surface area contributed by atoms with Crippen LogP contribution in [0.1, 0.15) is 28.9 Å². The number of rotatable bonds is 3. The number of amides is 1. The molecule has 19 heavy (non-hydrogen) atoms. The number of H-pyrrole nitrogens is 1. The van der Waals surface area contributed by atoms with Crippen molar-refractivity contribution < 1.29 is 4.79 Å². The number of carbonyl (C=O) groups excluding carboxylic acids is 1. The van der Waals surface area contributed by atoms with Crippen LogP contribution in [0.25, 0.3) is 0 Å². The van der Waals surface area contributed by atoms with E-state index in [1.807, 2.05) is 6.92 Å². The molecule has 1 amide bonds. The van der Waals surface area contributed by atoms with Crippen LogP contribution in [0.3, 0.4) is 0 Å². The topological polar surface area (TPSA) is 83.6 Å². The first-order valence-electron chi connectivity index (χ1n) is 5.56. The van der Waals surface area contributed by atoms with E-state index in [-0.39, 0.29) is 16.1 Å². The summed E-state index contributed by atoms with van der Waals surface area (Å²) in [6.07, 6.45) is 0.669. The molecule has 100 valence electrons. The molecule has 2 N–H and O–H groups in total. The van der Waals surface area contributed by atoms with Crippen molar-refractivity contribution in [2.45, 2.75) is 20.3 Å². The molecular formula is C11H11Cl2N5O. The van der Waals surface area contributed by atoms with E-state index < -0.39 is 5.91 Å². The molecule has 2 rings (SSSR count). The molecule has 0 aliphatic heterocycles. The van der Waals surface area contributed by atoms with Gasteiger partial charge in [-0.2, -0.15) is 0 Å². The van der Waals surface area contributed by atoms with Crippen molar-refractivity contribution in [3.8, 4) is 0 Å². The molecule has 0 aromatic carbocycles. The Morgan fingerprint density at radius 2 is 2.16 bits per heavy atom. The van der Waals surface area contributed by atoms with Gasteiger partial charge in [-0.05, 0) is 18.6 Å². The lowest BCUT2D eigenvalue weighted by Gasteiger charge is -2.08. The Labute approximate surface area is 119 Å². The van der Waals surface area contributed by atoms with Gasteiger partial charge in [0, 0.05) is 6.42 Å². The fraction of sp³-hybridized carbons (Fsp3) is 0.273. The average Bonchev–Trinajstić information content (AvgIpc) is 2.82. The predicted molar refractivity (Wildman–Crippen MR) is 72.7 cm³/mol. The monoisotopic (exact) mass is 299 g/mol. The van der Waals surface area contributed by atoms with E-state index in [0.717, 1.165) is 0 Å². The molecule has 0 bridgehead atoms. The number of aryl methyl sites for hydroxylation is 2. The normalized spacial score (nSPS) is 10.5. The molecule has 8 heteroatoms. The molecule has 0 spiro atoms. The summed E-state index contributed by atoms with van der Waals surface area (Å²) in [7, 11) is 0. The Morgan fingerprint density at radius 1 is 1.42 bits per heavy atom. The van der Waals surface area contributed by atoms with Gasteiger partial charge in [-0.3, -0.25) is 9.89 Å². The molecule has 2 heterocycles. The number of aromatic nitrogens is 4. The van der Waals surface area contributed by atoms with E-state index in [0.29, 0.717) is 23.5 Å². The van der Waals surface area contributed by atoms with Gasteiger partial charge in [-0.25, -0.2) is 9.97 Å². The number of anilines is 1. The highest BCUT2D eigenvalue weighted by Gasteiger charge is 2.16. The van der Waals surface area contributed by atoms with E-state index in [9.17, 15) is 4.79 Å². The van der Waals surface area contributed by atoms with Crippen LogP contribution >= 0.6 is 23.2 Å². The van der Waals surface area contributed by atoms with Gasteiger partial charge in [-0.1, -0.05) is 30.1 Å². The van der Waals surface area contributed by atoms with Crippen molar-refractivity contribution in [2.75, 3.05) is 5.32 Å². The van der Waals surface area contributed by atoms with Crippen molar-refractivity contribution in [3.63, 3.8) is 0 Å². The van der Waals surface area contributed by atoms with E-state index in [4.69, 9.17) is 23.2 Å². The summed E-state index contributed by atoms with van der Waals surface area (Å²) in [4.78, 5) is 19.9. The van der Waals surface area contributed by atoms with Crippen LogP contribution in [0.4, 0.5) is 5.69 Å². The van der Waals surface area contributed by atoms with Crippen LogP contribution in [0.15, 0.2) is 6.07 Å². The number of halogens is 2. The second kappa shape index (κ2) is 5.54. The lowest BCUT2D eigenvalue weighted by atomic mass is 10.2. The number of nitrogens with one attached hydrogen (secondary N) is 2. The first-order chi connectivity index (χ1) is 9.01. The summed E-state index contributed by atoms with van der Waals surface area (Å²) in [6, 6.07) is 1.61. The van der Waals surface area contributed by atoms with E-state index in [1.165, 1.54) is 0 Å². The van der Waals surface area contributed by atoms with Crippen molar-refractivity contribution in [1.29, 1.82) is 0 Å². The maximum atomic E-state index is 12.0. The van der Waals surface area contributed by atoms with Gasteiger partial charge in [0.25, 0.3) is 5.91 Å². The van der Waals surface area contributed by atoms with Gasteiger partial charge in [0.2, 0.25) is 5.82 Å². The van der Waals surface area contributed by atoms with Gasteiger partial charge in [0.05, 0.1) is 5.69 Å². The first-order valence-corrected chi connectivity index (χ1v) is 6.32. The third kappa shape index (κ3) is 3.02. The molecule has 6 nitrogen and oxygen atoms in total. The summed E-state index contributed by atoms with van der Waals surface area (Å²) in [5, 5.41) is 9.51. The zero-order chi connectivity index (χ0) is 14.0. The fourth-order valence-electron chi connectivity index (χ4n) is 1.47. The Bertz CT molecular complexity index is 602. The molecule has 0 radical (unpaired) electrons. The molecule has 0 fully saturated rings. The van der Waals surface area contributed by atoms with E-state index in [1.54, 1.807) is 13.0 Å². The minimum absolute atomic E-state index is 0.0577.